The first kappa shape index (κ1) is 12.2. The monoisotopic (exact) mass is 273 g/mol. The lowest BCUT2D eigenvalue weighted by atomic mass is 10.2. The van der Waals surface area contributed by atoms with E-state index in [9.17, 15) is 0 Å². The molecule has 0 unspecified atom stereocenters. The van der Waals surface area contributed by atoms with Crippen molar-refractivity contribution < 1.29 is 4.74 Å². The summed E-state index contributed by atoms with van der Waals surface area (Å²) >= 11 is 1.60. The van der Waals surface area contributed by atoms with Crippen molar-refractivity contribution in [2.24, 2.45) is 0 Å². The van der Waals surface area contributed by atoms with Crippen LogP contribution in [0.3, 0.4) is 0 Å². The van der Waals surface area contributed by atoms with E-state index < -0.39 is 0 Å². The molecule has 98 valence electrons. The number of aryl methyl sites for hydroxylation is 1. The first-order valence-electron chi connectivity index (χ1n) is 6.32. The van der Waals surface area contributed by atoms with Crippen LogP contribution in [0.2, 0.25) is 0 Å². The number of benzene rings is 1. The Hall–Kier alpha value is -1.88. The number of nitrogens with zero attached hydrogens (tertiary/aromatic N) is 3. The minimum atomic E-state index is 0.753. The van der Waals surface area contributed by atoms with Crippen LogP contribution < -0.4 is 4.74 Å². The molecule has 0 saturated carbocycles. The zero-order valence-corrected chi connectivity index (χ0v) is 11.8. The number of hydrogen-bond acceptors (Lipinski definition) is 4. The molecule has 5 heteroatoms. The maximum Gasteiger partial charge on any atom is 0.212 e. The molecule has 0 N–H and O–H groups in total. The number of ether oxygens (including phenoxy) is 1. The number of aromatic nitrogens is 3. The van der Waals surface area contributed by atoms with Crippen LogP contribution in [-0.4, -0.2) is 21.2 Å². The predicted molar refractivity (Wildman–Crippen MR) is 76.8 cm³/mol. The lowest BCUT2D eigenvalue weighted by Gasteiger charge is -2.04. The minimum absolute atomic E-state index is 0.753. The average Bonchev–Trinajstić information content (AvgIpc) is 2.94. The second-order valence-corrected chi connectivity index (χ2v) is 5.51. The van der Waals surface area contributed by atoms with Crippen LogP contribution in [-0.2, 0) is 0 Å². The van der Waals surface area contributed by atoms with Gasteiger partial charge in [-0.1, -0.05) is 18.3 Å². The molecule has 19 heavy (non-hydrogen) atoms. The van der Waals surface area contributed by atoms with Gasteiger partial charge in [0.05, 0.1) is 18.5 Å². The maximum atomic E-state index is 5.57. The van der Waals surface area contributed by atoms with E-state index in [2.05, 4.69) is 17.0 Å². The highest BCUT2D eigenvalue weighted by Crippen LogP contribution is 2.24. The van der Waals surface area contributed by atoms with E-state index in [0.717, 1.165) is 40.0 Å². The van der Waals surface area contributed by atoms with Crippen molar-refractivity contribution in [1.29, 1.82) is 0 Å². The molecule has 4 nitrogen and oxygen atoms in total. The van der Waals surface area contributed by atoms with Crippen molar-refractivity contribution in [2.45, 2.75) is 20.3 Å². The lowest BCUT2D eigenvalue weighted by molar-refractivity contribution is 0.317. The van der Waals surface area contributed by atoms with Gasteiger partial charge in [0.15, 0.2) is 0 Å². The summed E-state index contributed by atoms with van der Waals surface area (Å²) in [6.45, 7) is 4.84. The maximum absolute atomic E-state index is 5.57. The van der Waals surface area contributed by atoms with Crippen LogP contribution in [0, 0.1) is 6.92 Å². The Morgan fingerprint density at radius 3 is 2.74 bits per heavy atom. The highest BCUT2D eigenvalue weighted by atomic mass is 32.1. The van der Waals surface area contributed by atoms with E-state index in [4.69, 9.17) is 4.74 Å². The fourth-order valence-corrected chi connectivity index (χ4v) is 2.60. The Bertz CT molecular complexity index is 653. The number of hydrogen-bond donors (Lipinski definition) is 0. The fraction of sp³-hybridized carbons (Fsp3) is 0.286. The Labute approximate surface area is 115 Å². The highest BCUT2D eigenvalue weighted by Gasteiger charge is 2.07. The largest absolute Gasteiger partial charge is 0.494 e. The van der Waals surface area contributed by atoms with Gasteiger partial charge in [-0.15, -0.1) is 0 Å². The van der Waals surface area contributed by atoms with Crippen molar-refractivity contribution in [3.8, 4) is 17.0 Å². The van der Waals surface area contributed by atoms with Gasteiger partial charge in [0, 0.05) is 5.56 Å². The molecular formula is C14H15N3OS. The normalized spacial score (nSPS) is 11.1. The van der Waals surface area contributed by atoms with Crippen LogP contribution in [0.5, 0.6) is 5.75 Å². The first-order valence-corrected chi connectivity index (χ1v) is 7.14. The predicted octanol–water partition coefficient (Wildman–Crippen LogP) is 3.56. The van der Waals surface area contributed by atoms with E-state index in [1.165, 1.54) is 0 Å². The summed E-state index contributed by atoms with van der Waals surface area (Å²) in [7, 11) is 0. The van der Waals surface area contributed by atoms with E-state index in [-0.39, 0.29) is 0 Å². The summed E-state index contributed by atoms with van der Waals surface area (Å²) in [6, 6.07) is 8.03. The van der Waals surface area contributed by atoms with Crippen molar-refractivity contribution >= 4 is 16.3 Å². The molecule has 0 aliphatic heterocycles. The molecule has 0 saturated heterocycles. The Balaban J connectivity index is 1.86. The van der Waals surface area contributed by atoms with Gasteiger partial charge in [-0.05, 0) is 37.6 Å². The first-order chi connectivity index (χ1) is 9.26. The quantitative estimate of drug-likeness (QED) is 0.729. The molecule has 0 atom stereocenters. The van der Waals surface area contributed by atoms with Crippen LogP contribution >= 0.6 is 11.3 Å². The van der Waals surface area contributed by atoms with Crippen molar-refractivity contribution in [3.05, 3.63) is 35.5 Å². The summed E-state index contributed by atoms with van der Waals surface area (Å²) in [5, 5.41) is 5.39. The van der Waals surface area contributed by atoms with Gasteiger partial charge >= 0.3 is 0 Å². The Morgan fingerprint density at radius 2 is 2.05 bits per heavy atom. The Morgan fingerprint density at radius 1 is 1.26 bits per heavy atom. The smallest absolute Gasteiger partial charge is 0.212 e. The van der Waals surface area contributed by atoms with Crippen LogP contribution in [0.25, 0.3) is 16.2 Å². The minimum Gasteiger partial charge on any atom is -0.494 e. The summed E-state index contributed by atoms with van der Waals surface area (Å²) in [4.78, 5) is 5.50. The standard InChI is InChI=1S/C14H15N3OS/c1-3-8-18-12-6-4-11(5-7-12)13-9-17-14(15-13)19-10(2)16-17/h4-7,9H,3,8H2,1-2H3. The van der Waals surface area contributed by atoms with Gasteiger partial charge in [0.2, 0.25) is 4.96 Å². The van der Waals surface area contributed by atoms with E-state index >= 15 is 0 Å². The third-order valence-corrected chi connectivity index (χ3v) is 3.61. The second-order valence-electron chi connectivity index (χ2n) is 4.35. The van der Waals surface area contributed by atoms with E-state index in [0.29, 0.717) is 0 Å². The topological polar surface area (TPSA) is 39.4 Å². The molecule has 3 aromatic rings. The molecule has 0 radical (unpaired) electrons. The van der Waals surface area contributed by atoms with E-state index in [1.807, 2.05) is 41.9 Å². The molecule has 2 aromatic heterocycles. The average molecular weight is 273 g/mol. The van der Waals surface area contributed by atoms with Crippen molar-refractivity contribution in [3.63, 3.8) is 0 Å². The zero-order valence-electron chi connectivity index (χ0n) is 11.0. The summed E-state index contributed by atoms with van der Waals surface area (Å²) in [6.07, 6.45) is 2.98. The molecule has 0 fully saturated rings. The molecule has 1 aromatic carbocycles. The lowest BCUT2D eigenvalue weighted by Crippen LogP contribution is -1.94. The van der Waals surface area contributed by atoms with Gasteiger partial charge in [-0.3, -0.25) is 0 Å². The molecule has 0 amide bonds. The SMILES string of the molecule is CCCOc1ccc(-c2cn3nc(C)sc3n2)cc1. The second kappa shape index (κ2) is 5.01. The molecule has 3 rings (SSSR count). The Kier molecular flexibility index (Phi) is 3.21. The van der Waals surface area contributed by atoms with Gasteiger partial charge in [0.25, 0.3) is 0 Å². The third kappa shape index (κ3) is 2.46. The van der Waals surface area contributed by atoms with Crippen molar-refractivity contribution in [2.75, 3.05) is 6.61 Å². The van der Waals surface area contributed by atoms with Crippen LogP contribution in [0.4, 0.5) is 0 Å². The molecule has 0 bridgehead atoms. The fourth-order valence-electron chi connectivity index (χ4n) is 1.88. The van der Waals surface area contributed by atoms with Gasteiger partial charge in [-0.25, -0.2) is 9.50 Å². The third-order valence-electron chi connectivity index (χ3n) is 2.77. The number of rotatable bonds is 4. The summed E-state index contributed by atoms with van der Waals surface area (Å²) in [5.74, 6) is 0.903. The van der Waals surface area contributed by atoms with Crippen LogP contribution in [0.15, 0.2) is 30.5 Å². The molecule has 0 aliphatic rings. The van der Waals surface area contributed by atoms with Crippen LogP contribution in [0.1, 0.15) is 18.4 Å². The van der Waals surface area contributed by atoms with Gasteiger partial charge in [0.1, 0.15) is 10.8 Å². The summed E-state index contributed by atoms with van der Waals surface area (Å²) in [5.41, 5.74) is 2.03. The molecule has 0 spiro atoms. The zero-order chi connectivity index (χ0) is 13.2. The molecular weight excluding hydrogens is 258 g/mol. The summed E-state index contributed by atoms with van der Waals surface area (Å²) < 4.78 is 7.40. The van der Waals surface area contributed by atoms with Gasteiger partial charge < -0.3 is 4.74 Å². The molecule has 0 aliphatic carbocycles. The number of imidazole rings is 1. The number of fused-ring (bicyclic) bond motifs is 1. The van der Waals surface area contributed by atoms with Gasteiger partial charge in [-0.2, -0.15) is 5.10 Å². The highest BCUT2D eigenvalue weighted by molar-refractivity contribution is 7.16. The van der Waals surface area contributed by atoms with E-state index in [1.54, 1.807) is 11.3 Å². The molecule has 2 heterocycles. The van der Waals surface area contributed by atoms with Crippen molar-refractivity contribution in [1.82, 2.24) is 14.6 Å².